The lowest BCUT2D eigenvalue weighted by molar-refractivity contribution is -0.145. The second-order valence-corrected chi connectivity index (χ2v) is 3.87. The molecule has 0 aliphatic heterocycles. The highest BCUT2D eigenvalue weighted by molar-refractivity contribution is 5.92. The van der Waals surface area contributed by atoms with Gasteiger partial charge in [-0.25, -0.2) is 0 Å². The van der Waals surface area contributed by atoms with E-state index in [-0.39, 0.29) is 5.69 Å². The van der Waals surface area contributed by atoms with Crippen LogP contribution in [0.1, 0.15) is 37.2 Å². The van der Waals surface area contributed by atoms with Crippen molar-refractivity contribution in [3.05, 3.63) is 11.9 Å². The van der Waals surface area contributed by atoms with Crippen LogP contribution in [-0.4, -0.2) is 45.0 Å². The summed E-state index contributed by atoms with van der Waals surface area (Å²) in [6.45, 7) is 2.21. The molecule has 0 aliphatic carbocycles. The molecule has 1 heterocycles. The number of amides is 1. The molecule has 8 heteroatoms. The van der Waals surface area contributed by atoms with Crippen LogP contribution in [-0.2, 0) is 0 Å². The number of aromatic amines is 1. The van der Waals surface area contributed by atoms with Gasteiger partial charge in [-0.15, -0.1) is 0 Å². The average Bonchev–Trinajstić information content (AvgIpc) is 2.80. The maximum absolute atomic E-state index is 12.5. The molecule has 0 saturated carbocycles. The van der Waals surface area contributed by atoms with Crippen LogP contribution in [0.2, 0.25) is 0 Å². The largest absolute Gasteiger partial charge is 0.406 e. The number of alkyl halides is 3. The highest BCUT2D eigenvalue weighted by atomic mass is 19.4. The quantitative estimate of drug-likeness (QED) is 0.884. The van der Waals surface area contributed by atoms with Gasteiger partial charge in [0.1, 0.15) is 6.54 Å². The van der Waals surface area contributed by atoms with Crippen molar-refractivity contribution in [3.63, 3.8) is 0 Å². The second-order valence-electron chi connectivity index (χ2n) is 3.87. The minimum Gasteiger partial charge on any atom is -0.325 e. The standard InChI is InChI=1S/C10H15F3N4O/c1-3-7(4-2)17(6-10(11,12)13)9(18)8-5-14-16-15-8/h5,7H,3-4,6H2,1-2H3,(H,14,15,16). The van der Waals surface area contributed by atoms with E-state index in [9.17, 15) is 18.0 Å². The predicted molar refractivity (Wildman–Crippen MR) is 57.8 cm³/mol. The molecule has 1 N–H and O–H groups in total. The normalized spacial score (nSPS) is 11.9. The lowest BCUT2D eigenvalue weighted by Crippen LogP contribution is -2.45. The summed E-state index contributed by atoms with van der Waals surface area (Å²) >= 11 is 0. The van der Waals surface area contributed by atoms with Crippen molar-refractivity contribution in [2.24, 2.45) is 0 Å². The summed E-state index contributed by atoms with van der Waals surface area (Å²) in [7, 11) is 0. The molecule has 18 heavy (non-hydrogen) atoms. The Morgan fingerprint density at radius 1 is 1.44 bits per heavy atom. The molecular weight excluding hydrogens is 249 g/mol. The molecule has 0 aliphatic rings. The molecule has 0 saturated heterocycles. The first-order valence-corrected chi connectivity index (χ1v) is 5.62. The Morgan fingerprint density at radius 2 is 2.06 bits per heavy atom. The first kappa shape index (κ1) is 14.5. The van der Waals surface area contributed by atoms with Gasteiger partial charge in [0.05, 0.1) is 6.20 Å². The molecule has 1 aromatic heterocycles. The number of hydrogen-bond acceptors (Lipinski definition) is 3. The Kier molecular flexibility index (Phi) is 4.69. The average molecular weight is 264 g/mol. The van der Waals surface area contributed by atoms with Crippen LogP contribution < -0.4 is 0 Å². The molecule has 1 aromatic rings. The minimum atomic E-state index is -4.43. The number of nitrogens with one attached hydrogen (secondary N) is 1. The van der Waals surface area contributed by atoms with Crippen LogP contribution in [0.15, 0.2) is 6.20 Å². The van der Waals surface area contributed by atoms with E-state index in [4.69, 9.17) is 0 Å². The molecule has 0 aromatic carbocycles. The number of carbonyl (C=O) groups excluding carboxylic acids is 1. The van der Waals surface area contributed by atoms with Gasteiger partial charge < -0.3 is 4.90 Å². The predicted octanol–water partition coefficient (Wildman–Crippen LogP) is 2.00. The Balaban J connectivity index is 2.93. The van der Waals surface area contributed by atoms with Crippen molar-refractivity contribution in [1.82, 2.24) is 20.3 Å². The number of H-pyrrole nitrogens is 1. The number of halogens is 3. The van der Waals surface area contributed by atoms with E-state index in [1.165, 1.54) is 0 Å². The number of nitrogens with zero attached hydrogens (tertiary/aromatic N) is 3. The number of rotatable bonds is 5. The zero-order chi connectivity index (χ0) is 13.8. The van der Waals surface area contributed by atoms with E-state index in [0.29, 0.717) is 12.8 Å². The third-order valence-corrected chi connectivity index (χ3v) is 2.63. The van der Waals surface area contributed by atoms with Gasteiger partial charge in [-0.1, -0.05) is 13.8 Å². The van der Waals surface area contributed by atoms with E-state index in [1.54, 1.807) is 13.8 Å². The van der Waals surface area contributed by atoms with Crippen molar-refractivity contribution in [1.29, 1.82) is 0 Å². The van der Waals surface area contributed by atoms with Gasteiger partial charge >= 0.3 is 6.18 Å². The molecule has 0 atom stereocenters. The zero-order valence-corrected chi connectivity index (χ0v) is 10.2. The molecule has 0 unspecified atom stereocenters. The summed E-state index contributed by atoms with van der Waals surface area (Å²) in [6.07, 6.45) is -2.40. The molecule has 0 spiro atoms. The number of carbonyl (C=O) groups is 1. The van der Waals surface area contributed by atoms with Crippen LogP contribution in [0.4, 0.5) is 13.2 Å². The van der Waals surface area contributed by atoms with Crippen molar-refractivity contribution in [2.75, 3.05) is 6.54 Å². The summed E-state index contributed by atoms with van der Waals surface area (Å²) in [4.78, 5) is 12.7. The third-order valence-electron chi connectivity index (χ3n) is 2.63. The van der Waals surface area contributed by atoms with Gasteiger partial charge in [-0.2, -0.15) is 28.6 Å². The Bertz CT molecular complexity index is 373. The van der Waals surface area contributed by atoms with E-state index in [1.807, 2.05) is 0 Å². The van der Waals surface area contributed by atoms with Crippen LogP contribution in [0, 0.1) is 0 Å². The fraction of sp³-hybridized carbons (Fsp3) is 0.700. The molecule has 1 amide bonds. The SMILES string of the molecule is CCC(CC)N(CC(F)(F)F)C(=O)c1cn[nH]n1. The van der Waals surface area contributed by atoms with Crippen molar-refractivity contribution >= 4 is 5.91 Å². The second kappa shape index (κ2) is 5.83. The van der Waals surface area contributed by atoms with Crippen molar-refractivity contribution < 1.29 is 18.0 Å². The van der Waals surface area contributed by atoms with Gasteiger partial charge in [0.25, 0.3) is 5.91 Å². The zero-order valence-electron chi connectivity index (χ0n) is 10.2. The van der Waals surface area contributed by atoms with E-state index in [0.717, 1.165) is 11.1 Å². The molecule has 0 bridgehead atoms. The Morgan fingerprint density at radius 3 is 2.44 bits per heavy atom. The van der Waals surface area contributed by atoms with Gasteiger partial charge in [0.2, 0.25) is 0 Å². The number of hydrogen-bond donors (Lipinski definition) is 1. The summed E-state index contributed by atoms with van der Waals surface area (Å²) in [5, 5.41) is 9.17. The van der Waals surface area contributed by atoms with Crippen molar-refractivity contribution in [2.45, 2.75) is 38.9 Å². The summed E-state index contributed by atoms with van der Waals surface area (Å²) in [6, 6.07) is -0.462. The Labute approximate surface area is 102 Å². The summed E-state index contributed by atoms with van der Waals surface area (Å²) in [5.74, 6) is -0.755. The molecule has 0 fully saturated rings. The number of aromatic nitrogens is 3. The monoisotopic (exact) mass is 264 g/mol. The van der Waals surface area contributed by atoms with Crippen LogP contribution in [0.25, 0.3) is 0 Å². The first-order chi connectivity index (χ1) is 8.39. The van der Waals surface area contributed by atoms with Crippen LogP contribution in [0.3, 0.4) is 0 Å². The van der Waals surface area contributed by atoms with Gasteiger partial charge in [-0.3, -0.25) is 4.79 Å². The summed E-state index contributed by atoms with van der Waals surface area (Å²) in [5.41, 5.74) is -0.105. The first-order valence-electron chi connectivity index (χ1n) is 5.62. The van der Waals surface area contributed by atoms with Gasteiger partial charge in [0, 0.05) is 6.04 Å². The van der Waals surface area contributed by atoms with E-state index in [2.05, 4.69) is 15.4 Å². The maximum Gasteiger partial charge on any atom is 0.406 e. The fourth-order valence-electron chi connectivity index (χ4n) is 1.74. The van der Waals surface area contributed by atoms with Crippen LogP contribution in [0.5, 0.6) is 0 Å². The third kappa shape index (κ3) is 3.71. The lowest BCUT2D eigenvalue weighted by Gasteiger charge is -2.30. The molecule has 5 nitrogen and oxygen atoms in total. The molecule has 0 radical (unpaired) electrons. The maximum atomic E-state index is 12.5. The Hall–Kier alpha value is -1.60. The highest BCUT2D eigenvalue weighted by Gasteiger charge is 2.36. The molecular formula is C10H15F3N4O. The van der Waals surface area contributed by atoms with Gasteiger partial charge in [-0.05, 0) is 12.8 Å². The minimum absolute atomic E-state index is 0.105. The molecule has 1 rings (SSSR count). The fourth-order valence-corrected chi connectivity index (χ4v) is 1.74. The van der Waals surface area contributed by atoms with E-state index < -0.39 is 24.7 Å². The van der Waals surface area contributed by atoms with Crippen molar-refractivity contribution in [3.8, 4) is 0 Å². The lowest BCUT2D eigenvalue weighted by atomic mass is 10.1. The van der Waals surface area contributed by atoms with E-state index >= 15 is 0 Å². The topological polar surface area (TPSA) is 61.9 Å². The van der Waals surface area contributed by atoms with Gasteiger partial charge in [0.15, 0.2) is 5.69 Å². The summed E-state index contributed by atoms with van der Waals surface area (Å²) < 4.78 is 37.5. The smallest absolute Gasteiger partial charge is 0.325 e. The molecule has 102 valence electrons. The van der Waals surface area contributed by atoms with Crippen LogP contribution >= 0.6 is 0 Å². The highest BCUT2D eigenvalue weighted by Crippen LogP contribution is 2.21.